The van der Waals surface area contributed by atoms with Crippen LogP contribution in [0.3, 0.4) is 0 Å². The van der Waals surface area contributed by atoms with Gasteiger partial charge in [0.1, 0.15) is 0 Å². The lowest BCUT2D eigenvalue weighted by molar-refractivity contribution is 0.247. The van der Waals surface area contributed by atoms with Gasteiger partial charge in [0.05, 0.1) is 0 Å². The lowest BCUT2D eigenvalue weighted by Gasteiger charge is -2.29. The van der Waals surface area contributed by atoms with Gasteiger partial charge in [0.2, 0.25) is 0 Å². The Labute approximate surface area is 107 Å². The topological polar surface area (TPSA) is 12.0 Å². The van der Waals surface area contributed by atoms with Gasteiger partial charge < -0.3 is 5.32 Å². The zero-order valence-corrected chi connectivity index (χ0v) is 12.2. The van der Waals surface area contributed by atoms with Crippen molar-refractivity contribution < 1.29 is 0 Å². The van der Waals surface area contributed by atoms with E-state index in [9.17, 15) is 0 Å². The van der Waals surface area contributed by atoms with Crippen LogP contribution in [-0.4, -0.2) is 6.54 Å². The molecular weight excluding hydrogens is 206 g/mol. The van der Waals surface area contributed by atoms with Crippen LogP contribution in [0, 0.1) is 18.3 Å². The first-order valence-corrected chi connectivity index (χ1v) is 6.61. The van der Waals surface area contributed by atoms with E-state index in [1.165, 1.54) is 11.1 Å². The highest BCUT2D eigenvalue weighted by atomic mass is 14.9. The minimum atomic E-state index is 0.373. The van der Waals surface area contributed by atoms with Gasteiger partial charge >= 0.3 is 0 Å². The van der Waals surface area contributed by atoms with Crippen LogP contribution in [0.15, 0.2) is 24.3 Å². The van der Waals surface area contributed by atoms with Gasteiger partial charge in [-0.05, 0) is 42.9 Å². The quantitative estimate of drug-likeness (QED) is 0.816. The summed E-state index contributed by atoms with van der Waals surface area (Å²) < 4.78 is 0. The number of hydrogen-bond donors (Lipinski definition) is 1. The van der Waals surface area contributed by atoms with Gasteiger partial charge in [-0.3, -0.25) is 0 Å². The van der Waals surface area contributed by atoms with Crippen molar-refractivity contribution in [1.29, 1.82) is 0 Å². The molecule has 0 bridgehead atoms. The van der Waals surface area contributed by atoms with Gasteiger partial charge in [-0.1, -0.05) is 52.0 Å². The van der Waals surface area contributed by atoms with Gasteiger partial charge in [0, 0.05) is 6.04 Å². The van der Waals surface area contributed by atoms with Crippen LogP contribution in [0.2, 0.25) is 0 Å². The maximum absolute atomic E-state index is 3.65. The molecule has 0 aromatic heterocycles. The highest BCUT2D eigenvalue weighted by Gasteiger charge is 2.20. The van der Waals surface area contributed by atoms with Crippen molar-refractivity contribution in [1.82, 2.24) is 5.32 Å². The normalized spacial score (nSPS) is 15.6. The van der Waals surface area contributed by atoms with Gasteiger partial charge in [-0.25, -0.2) is 0 Å². The van der Waals surface area contributed by atoms with Crippen LogP contribution >= 0.6 is 0 Å². The van der Waals surface area contributed by atoms with Gasteiger partial charge in [-0.15, -0.1) is 0 Å². The van der Waals surface area contributed by atoms with Crippen LogP contribution in [-0.2, 0) is 0 Å². The van der Waals surface area contributed by atoms with E-state index in [1.807, 2.05) is 0 Å². The summed E-state index contributed by atoms with van der Waals surface area (Å²) in [4.78, 5) is 0. The molecule has 96 valence electrons. The predicted molar refractivity (Wildman–Crippen MR) is 76.2 cm³/mol. The Hall–Kier alpha value is -0.820. The fourth-order valence-corrected chi connectivity index (χ4v) is 1.84. The van der Waals surface area contributed by atoms with Gasteiger partial charge in [0.25, 0.3) is 0 Å². The van der Waals surface area contributed by atoms with E-state index >= 15 is 0 Å². The summed E-state index contributed by atoms with van der Waals surface area (Å²) in [5.74, 6) is 0.675. The largest absolute Gasteiger partial charge is 0.310 e. The summed E-state index contributed by atoms with van der Waals surface area (Å²) in [5, 5.41) is 3.65. The van der Waals surface area contributed by atoms with E-state index in [1.54, 1.807) is 0 Å². The number of aryl methyl sites for hydroxylation is 1. The summed E-state index contributed by atoms with van der Waals surface area (Å²) in [7, 11) is 0. The summed E-state index contributed by atoms with van der Waals surface area (Å²) >= 11 is 0. The van der Waals surface area contributed by atoms with E-state index in [0.29, 0.717) is 17.4 Å². The molecule has 0 fully saturated rings. The maximum atomic E-state index is 3.65. The summed E-state index contributed by atoms with van der Waals surface area (Å²) in [6.45, 7) is 14.7. The molecule has 1 aromatic carbocycles. The second-order valence-corrected chi connectivity index (χ2v) is 6.25. The van der Waals surface area contributed by atoms with Crippen molar-refractivity contribution in [3.63, 3.8) is 0 Å². The molecule has 0 heterocycles. The highest BCUT2D eigenvalue weighted by molar-refractivity contribution is 5.28. The van der Waals surface area contributed by atoms with E-state index in [4.69, 9.17) is 0 Å². The van der Waals surface area contributed by atoms with E-state index < -0.39 is 0 Å². The van der Waals surface area contributed by atoms with Crippen LogP contribution in [0.25, 0.3) is 0 Å². The van der Waals surface area contributed by atoms with Crippen LogP contribution in [0.5, 0.6) is 0 Å². The molecule has 1 rings (SSSR count). The number of nitrogens with one attached hydrogen (secondary N) is 1. The Morgan fingerprint density at radius 3 is 2.24 bits per heavy atom. The molecule has 0 radical (unpaired) electrons. The Balaban J connectivity index is 2.57. The van der Waals surface area contributed by atoms with Crippen molar-refractivity contribution >= 4 is 0 Å². The Kier molecular flexibility index (Phi) is 4.76. The van der Waals surface area contributed by atoms with Crippen molar-refractivity contribution in [2.75, 3.05) is 6.54 Å². The molecule has 0 amide bonds. The van der Waals surface area contributed by atoms with E-state index in [2.05, 4.69) is 71.1 Å². The highest BCUT2D eigenvalue weighted by Crippen LogP contribution is 2.25. The molecule has 2 unspecified atom stereocenters. The first-order chi connectivity index (χ1) is 7.82. The monoisotopic (exact) mass is 233 g/mol. The second kappa shape index (κ2) is 5.68. The SMILES string of the molecule is Cc1ccccc1C(C)NCC(C)C(C)(C)C. The van der Waals surface area contributed by atoms with Crippen molar-refractivity contribution in [3.05, 3.63) is 35.4 Å². The second-order valence-electron chi connectivity index (χ2n) is 6.25. The Morgan fingerprint density at radius 2 is 1.71 bits per heavy atom. The third-order valence-electron chi connectivity index (χ3n) is 3.86. The van der Waals surface area contributed by atoms with E-state index in [-0.39, 0.29) is 0 Å². The summed E-state index contributed by atoms with van der Waals surface area (Å²) in [5.41, 5.74) is 3.16. The lowest BCUT2D eigenvalue weighted by atomic mass is 9.82. The average molecular weight is 233 g/mol. The van der Waals surface area contributed by atoms with Gasteiger partial charge in [0.15, 0.2) is 0 Å². The molecule has 0 saturated heterocycles. The fraction of sp³-hybridized carbons (Fsp3) is 0.625. The van der Waals surface area contributed by atoms with Crippen LogP contribution in [0.4, 0.5) is 0 Å². The molecule has 0 saturated carbocycles. The fourth-order valence-electron chi connectivity index (χ4n) is 1.84. The first kappa shape index (κ1) is 14.2. The molecule has 1 nitrogen and oxygen atoms in total. The summed E-state index contributed by atoms with van der Waals surface area (Å²) in [6, 6.07) is 9.05. The zero-order valence-electron chi connectivity index (χ0n) is 12.2. The Morgan fingerprint density at radius 1 is 1.12 bits per heavy atom. The lowest BCUT2D eigenvalue weighted by Crippen LogP contribution is -2.31. The first-order valence-electron chi connectivity index (χ1n) is 6.61. The number of hydrogen-bond acceptors (Lipinski definition) is 1. The molecular formula is C16H27N. The number of benzene rings is 1. The molecule has 17 heavy (non-hydrogen) atoms. The van der Waals surface area contributed by atoms with Crippen LogP contribution in [0.1, 0.15) is 51.8 Å². The molecule has 1 heteroatoms. The van der Waals surface area contributed by atoms with Crippen molar-refractivity contribution in [2.45, 2.75) is 47.6 Å². The molecule has 0 aliphatic carbocycles. The minimum Gasteiger partial charge on any atom is -0.310 e. The third kappa shape index (κ3) is 4.16. The molecule has 2 atom stereocenters. The smallest absolute Gasteiger partial charge is 0.0294 e. The Bertz CT molecular complexity index is 349. The van der Waals surface area contributed by atoms with Crippen molar-refractivity contribution in [3.8, 4) is 0 Å². The molecule has 1 N–H and O–H groups in total. The maximum Gasteiger partial charge on any atom is 0.0294 e. The molecule has 1 aromatic rings. The average Bonchev–Trinajstić information content (AvgIpc) is 2.24. The predicted octanol–water partition coefficient (Wildman–Crippen LogP) is 4.33. The molecule has 0 aliphatic heterocycles. The van der Waals surface area contributed by atoms with E-state index in [0.717, 1.165) is 6.54 Å². The third-order valence-corrected chi connectivity index (χ3v) is 3.86. The van der Waals surface area contributed by atoms with Crippen molar-refractivity contribution in [2.24, 2.45) is 11.3 Å². The molecule has 0 spiro atoms. The molecule has 0 aliphatic rings. The summed E-state index contributed by atoms with van der Waals surface area (Å²) in [6.07, 6.45) is 0. The number of rotatable bonds is 4. The van der Waals surface area contributed by atoms with Crippen LogP contribution < -0.4 is 5.32 Å². The minimum absolute atomic E-state index is 0.373. The zero-order chi connectivity index (χ0) is 13.1. The standard InChI is InChI=1S/C16H27N/c1-12-9-7-8-10-15(12)14(3)17-11-13(2)16(4,5)6/h7-10,13-14,17H,11H2,1-6H3. The van der Waals surface area contributed by atoms with Gasteiger partial charge in [-0.2, -0.15) is 0 Å².